The molecule has 0 aromatic rings. The second kappa shape index (κ2) is 12.6. The number of carbonyl (C=O) groups excluding carboxylic acids is 2. The summed E-state index contributed by atoms with van der Waals surface area (Å²) < 4.78 is 12.7. The van der Waals surface area contributed by atoms with Gasteiger partial charge in [-0.1, -0.05) is 0 Å². The van der Waals surface area contributed by atoms with E-state index in [4.69, 9.17) is 13.8 Å². The molecule has 0 aromatic heterocycles. The largest absolute Gasteiger partial charge is 1.00 e. The number of ether oxygens (including phenoxy) is 2. The minimum atomic E-state index is -1.11. The van der Waals surface area contributed by atoms with Crippen molar-refractivity contribution in [3.63, 3.8) is 0 Å². The van der Waals surface area contributed by atoms with Gasteiger partial charge in [-0.3, -0.25) is 14.6 Å². The standard InChI is InChI=1S/C8H10O7S.Na/c1-3-12-7(9)5-6(16-15-14-11)8(10)13-4-2;/h1-2,6,11H,3-5H2;/q;+1/p-1. The fraction of sp³-hybridized carbons (Fsp3) is 0.500. The van der Waals surface area contributed by atoms with Gasteiger partial charge in [-0.25, -0.2) is 0 Å². The van der Waals surface area contributed by atoms with E-state index in [0.29, 0.717) is 12.0 Å². The minimum Gasteiger partial charge on any atom is -0.691 e. The maximum atomic E-state index is 11.2. The van der Waals surface area contributed by atoms with E-state index in [9.17, 15) is 14.8 Å². The van der Waals surface area contributed by atoms with Crippen LogP contribution >= 0.6 is 12.0 Å². The summed E-state index contributed by atoms with van der Waals surface area (Å²) in [6, 6.07) is 0. The average molecular weight is 272 g/mol. The Balaban J connectivity index is 0. The number of carbonyl (C=O) groups is 2. The second-order valence-electron chi connectivity index (χ2n) is 2.24. The minimum absolute atomic E-state index is 0. The van der Waals surface area contributed by atoms with Gasteiger partial charge in [-0.15, -0.1) is 0 Å². The Bertz CT molecular complexity index is 226. The molecule has 0 saturated heterocycles. The van der Waals surface area contributed by atoms with Gasteiger partial charge in [-0.05, 0) is 0 Å². The molecule has 0 bridgehead atoms. The normalized spacial score (nSPS) is 11.2. The van der Waals surface area contributed by atoms with Crippen molar-refractivity contribution in [1.82, 2.24) is 0 Å². The van der Waals surface area contributed by atoms with Crippen molar-refractivity contribution in [2.75, 3.05) is 13.2 Å². The monoisotopic (exact) mass is 272 g/mol. The predicted molar refractivity (Wildman–Crippen MR) is 48.7 cm³/mol. The predicted octanol–water partition coefficient (Wildman–Crippen LogP) is -3.87. The molecule has 0 rings (SSSR count). The van der Waals surface area contributed by atoms with Crippen molar-refractivity contribution in [3.8, 4) is 0 Å². The molecule has 4 radical (unpaired) electrons. The average Bonchev–Trinajstić information content (AvgIpc) is 2.24. The summed E-state index contributed by atoms with van der Waals surface area (Å²) in [5.41, 5.74) is 0. The van der Waals surface area contributed by atoms with Crippen LogP contribution in [0.3, 0.4) is 0 Å². The molecule has 1 atom stereocenters. The smallest absolute Gasteiger partial charge is 0.691 e. The number of esters is 2. The first-order valence-electron chi connectivity index (χ1n) is 4.00. The Hall–Kier alpha value is 0.170. The molecule has 0 aromatic carbocycles. The molecule has 17 heavy (non-hydrogen) atoms. The first kappa shape index (κ1) is 19.5. The van der Waals surface area contributed by atoms with Crippen LogP contribution in [0.2, 0.25) is 0 Å². The van der Waals surface area contributed by atoms with Crippen LogP contribution in [0.15, 0.2) is 0 Å². The van der Waals surface area contributed by atoms with Crippen molar-refractivity contribution >= 4 is 24.0 Å². The molecule has 0 amide bonds. The summed E-state index contributed by atoms with van der Waals surface area (Å²) in [6.07, 6.45) is -0.385. The van der Waals surface area contributed by atoms with Crippen molar-refractivity contribution in [2.45, 2.75) is 11.7 Å². The summed E-state index contributed by atoms with van der Waals surface area (Å²) in [5.74, 6) is -1.58. The maximum absolute atomic E-state index is 11.2. The molecule has 0 saturated carbocycles. The van der Waals surface area contributed by atoms with Gasteiger partial charge in [0, 0.05) is 25.9 Å². The zero-order chi connectivity index (χ0) is 12.4. The fourth-order valence-electron chi connectivity index (χ4n) is 0.698. The van der Waals surface area contributed by atoms with Gasteiger partial charge in [0.2, 0.25) is 0 Å². The molecule has 90 valence electrons. The number of hydrogen-bond acceptors (Lipinski definition) is 8. The topological polar surface area (TPSA) is 94.1 Å². The van der Waals surface area contributed by atoms with E-state index in [1.807, 2.05) is 0 Å². The first-order valence-corrected chi connectivity index (χ1v) is 4.80. The molecule has 0 aliphatic rings. The molecule has 0 heterocycles. The molecule has 0 aliphatic carbocycles. The number of hydrogen-bond donors (Lipinski definition) is 0. The van der Waals surface area contributed by atoms with Gasteiger partial charge in [0.25, 0.3) is 0 Å². The maximum Gasteiger partial charge on any atom is 1.00 e. The Morgan fingerprint density at radius 2 is 1.82 bits per heavy atom. The SMILES string of the molecule is [CH]COC(=O)CC(SOO[O-])C(=O)OC[CH].[Na+]. The molecule has 0 spiro atoms. The molecule has 0 fully saturated rings. The van der Waals surface area contributed by atoms with Crippen molar-refractivity contribution in [3.05, 3.63) is 13.8 Å². The van der Waals surface area contributed by atoms with Crippen LogP contribution in [0.5, 0.6) is 0 Å². The third-order valence-corrected chi connectivity index (χ3v) is 1.99. The molecular weight excluding hydrogens is 263 g/mol. The molecule has 1 unspecified atom stereocenters. The molecule has 7 nitrogen and oxygen atoms in total. The van der Waals surface area contributed by atoms with Crippen LogP contribution in [0.1, 0.15) is 6.42 Å². The van der Waals surface area contributed by atoms with Crippen LogP contribution < -0.4 is 34.8 Å². The Morgan fingerprint density at radius 3 is 2.29 bits per heavy atom. The van der Waals surface area contributed by atoms with Crippen molar-refractivity contribution < 1.29 is 63.2 Å². The van der Waals surface area contributed by atoms with Crippen LogP contribution in [0.4, 0.5) is 0 Å². The Kier molecular flexibility index (Phi) is 14.5. The van der Waals surface area contributed by atoms with Gasteiger partial charge in [-0.2, -0.15) is 4.33 Å². The van der Waals surface area contributed by atoms with Crippen LogP contribution in [0, 0.1) is 13.8 Å². The van der Waals surface area contributed by atoms with E-state index in [2.05, 4.69) is 18.8 Å². The Morgan fingerprint density at radius 1 is 1.24 bits per heavy atom. The third-order valence-electron chi connectivity index (χ3n) is 1.27. The quantitative estimate of drug-likeness (QED) is 0.146. The van der Waals surface area contributed by atoms with Gasteiger partial charge >= 0.3 is 41.5 Å². The second-order valence-corrected chi connectivity index (χ2v) is 3.14. The van der Waals surface area contributed by atoms with Crippen LogP contribution in [-0.2, 0) is 28.4 Å². The van der Waals surface area contributed by atoms with E-state index >= 15 is 0 Å². The first-order chi connectivity index (χ1) is 7.65. The van der Waals surface area contributed by atoms with Gasteiger partial charge in [0.05, 0.1) is 19.6 Å². The molecule has 0 N–H and O–H groups in total. The summed E-state index contributed by atoms with van der Waals surface area (Å²) in [5, 5.41) is 11.5. The van der Waals surface area contributed by atoms with E-state index in [1.54, 1.807) is 0 Å². The van der Waals surface area contributed by atoms with E-state index in [1.165, 1.54) is 0 Å². The summed E-state index contributed by atoms with van der Waals surface area (Å²) in [7, 11) is 0. The van der Waals surface area contributed by atoms with Crippen LogP contribution in [-0.4, -0.2) is 30.4 Å². The van der Waals surface area contributed by atoms with Crippen molar-refractivity contribution in [2.24, 2.45) is 0 Å². The number of rotatable bonds is 8. The van der Waals surface area contributed by atoms with E-state index in [-0.39, 0.29) is 49.2 Å². The fourth-order valence-corrected chi connectivity index (χ4v) is 1.18. The van der Waals surface area contributed by atoms with Gasteiger partial charge in [0.15, 0.2) is 0 Å². The summed E-state index contributed by atoms with van der Waals surface area (Å²) in [6.45, 7) is 9.23. The summed E-state index contributed by atoms with van der Waals surface area (Å²) >= 11 is 0.317. The van der Waals surface area contributed by atoms with Crippen molar-refractivity contribution in [1.29, 1.82) is 0 Å². The summed E-state index contributed by atoms with van der Waals surface area (Å²) in [4.78, 5) is 22.2. The Labute approximate surface area is 125 Å². The molecular formula is C8H9NaO7S. The van der Waals surface area contributed by atoms with E-state index in [0.717, 1.165) is 0 Å². The van der Waals surface area contributed by atoms with Gasteiger partial charge < -0.3 is 14.7 Å². The zero-order valence-corrected chi connectivity index (χ0v) is 11.9. The van der Waals surface area contributed by atoms with E-state index < -0.39 is 17.2 Å². The zero-order valence-electron chi connectivity index (χ0n) is 9.12. The molecule has 0 aliphatic heterocycles. The van der Waals surface area contributed by atoms with Crippen LogP contribution in [0.25, 0.3) is 0 Å². The van der Waals surface area contributed by atoms with Gasteiger partial charge in [0.1, 0.15) is 5.25 Å². The third kappa shape index (κ3) is 9.83. The molecule has 9 heteroatoms.